The lowest BCUT2D eigenvalue weighted by Crippen LogP contribution is -2.09. The maximum absolute atomic E-state index is 11.5. The molecule has 0 aromatic carbocycles. The van der Waals surface area contributed by atoms with E-state index in [2.05, 4.69) is 13.8 Å². The van der Waals surface area contributed by atoms with Crippen LogP contribution in [0.5, 0.6) is 0 Å². The third-order valence-electron chi connectivity index (χ3n) is 2.34. The highest BCUT2D eigenvalue weighted by atomic mass is 16.3. The summed E-state index contributed by atoms with van der Waals surface area (Å²) in [5.74, 6) is 1.74. The smallest absolute Gasteiger partial charge is 0.142 e. The van der Waals surface area contributed by atoms with Crippen LogP contribution < -0.4 is 0 Å². The van der Waals surface area contributed by atoms with E-state index in [1.165, 1.54) is 5.56 Å². The van der Waals surface area contributed by atoms with Crippen molar-refractivity contribution >= 4 is 5.78 Å². The Morgan fingerprint density at radius 1 is 1.33 bits per heavy atom. The first kappa shape index (κ1) is 12.0. The third kappa shape index (κ3) is 3.90. The summed E-state index contributed by atoms with van der Waals surface area (Å²) >= 11 is 0. The van der Waals surface area contributed by atoms with E-state index in [-0.39, 0.29) is 11.7 Å². The molecule has 0 radical (unpaired) electrons. The second kappa shape index (κ2) is 5.15. The zero-order valence-corrected chi connectivity index (χ0v) is 10.0. The molecule has 0 N–H and O–H groups in total. The number of ketones is 1. The summed E-state index contributed by atoms with van der Waals surface area (Å²) in [5.41, 5.74) is 1.19. The van der Waals surface area contributed by atoms with Gasteiger partial charge in [-0.15, -0.1) is 0 Å². The zero-order valence-electron chi connectivity index (χ0n) is 10.0. The van der Waals surface area contributed by atoms with Crippen LogP contribution in [0.4, 0.5) is 0 Å². The number of Topliss-reactive ketones (excluding diaryl/α,β-unsaturated/α-hetero) is 1. The Kier molecular flexibility index (Phi) is 4.13. The van der Waals surface area contributed by atoms with Crippen molar-refractivity contribution in [3.63, 3.8) is 0 Å². The van der Waals surface area contributed by atoms with Gasteiger partial charge in [0, 0.05) is 5.92 Å². The minimum Gasteiger partial charge on any atom is -0.469 e. The molecule has 0 aliphatic carbocycles. The molecule has 2 nitrogen and oxygen atoms in total. The molecule has 0 saturated carbocycles. The molecule has 0 fully saturated rings. The molecule has 0 spiro atoms. The van der Waals surface area contributed by atoms with Gasteiger partial charge in [0.05, 0.1) is 12.7 Å². The zero-order chi connectivity index (χ0) is 11.4. The van der Waals surface area contributed by atoms with E-state index in [1.54, 1.807) is 6.26 Å². The second-order valence-electron chi connectivity index (χ2n) is 4.82. The summed E-state index contributed by atoms with van der Waals surface area (Å²) in [7, 11) is 0. The lowest BCUT2D eigenvalue weighted by atomic mass is 10.0. The van der Waals surface area contributed by atoms with Gasteiger partial charge < -0.3 is 4.42 Å². The van der Waals surface area contributed by atoms with Gasteiger partial charge in [-0.1, -0.05) is 27.7 Å². The Bertz CT molecular complexity index is 321. The molecule has 0 bridgehead atoms. The summed E-state index contributed by atoms with van der Waals surface area (Å²) in [5, 5.41) is 0. The summed E-state index contributed by atoms with van der Waals surface area (Å²) in [6, 6.07) is 2.00. The topological polar surface area (TPSA) is 30.2 Å². The number of hydrogen-bond acceptors (Lipinski definition) is 2. The van der Waals surface area contributed by atoms with Crippen molar-refractivity contribution in [2.45, 2.75) is 40.5 Å². The Hall–Kier alpha value is -1.05. The number of carbonyl (C=O) groups is 1. The molecule has 0 aliphatic heterocycles. The first-order valence-corrected chi connectivity index (χ1v) is 5.58. The molecule has 84 valence electrons. The minimum atomic E-state index is 0.0867. The summed E-state index contributed by atoms with van der Waals surface area (Å²) < 4.78 is 5.37. The van der Waals surface area contributed by atoms with Gasteiger partial charge in [-0.25, -0.2) is 0 Å². The highest BCUT2D eigenvalue weighted by Crippen LogP contribution is 2.14. The van der Waals surface area contributed by atoms with E-state index < -0.39 is 0 Å². The van der Waals surface area contributed by atoms with Crippen LogP contribution in [0.3, 0.4) is 0 Å². The number of hydrogen-bond donors (Lipinski definition) is 0. The predicted octanol–water partition coefficient (Wildman–Crippen LogP) is 3.25. The van der Waals surface area contributed by atoms with Crippen molar-refractivity contribution < 1.29 is 9.21 Å². The van der Waals surface area contributed by atoms with E-state index in [0.29, 0.717) is 12.3 Å². The summed E-state index contributed by atoms with van der Waals surface area (Å²) in [4.78, 5) is 11.5. The van der Waals surface area contributed by atoms with Crippen molar-refractivity contribution in [2.75, 3.05) is 0 Å². The van der Waals surface area contributed by atoms with Crippen LogP contribution in [0.2, 0.25) is 0 Å². The maximum Gasteiger partial charge on any atom is 0.142 e. The predicted molar refractivity (Wildman–Crippen MR) is 60.8 cm³/mol. The van der Waals surface area contributed by atoms with Gasteiger partial charge in [-0.05, 0) is 24.0 Å². The van der Waals surface area contributed by atoms with Crippen molar-refractivity contribution in [1.82, 2.24) is 0 Å². The molecule has 0 saturated heterocycles. The average Bonchev–Trinajstić information content (AvgIpc) is 2.51. The van der Waals surface area contributed by atoms with Crippen molar-refractivity contribution in [2.24, 2.45) is 11.8 Å². The molecule has 2 heteroatoms. The van der Waals surface area contributed by atoms with Crippen molar-refractivity contribution in [3.05, 3.63) is 23.7 Å². The van der Waals surface area contributed by atoms with Crippen molar-refractivity contribution in [1.29, 1.82) is 0 Å². The Morgan fingerprint density at radius 3 is 2.53 bits per heavy atom. The fourth-order valence-corrected chi connectivity index (χ4v) is 1.47. The second-order valence-corrected chi connectivity index (χ2v) is 4.82. The minimum absolute atomic E-state index is 0.0867. The number of furan rings is 1. The van der Waals surface area contributed by atoms with Gasteiger partial charge in [0.25, 0.3) is 0 Å². The van der Waals surface area contributed by atoms with E-state index in [1.807, 2.05) is 19.9 Å². The average molecular weight is 208 g/mol. The maximum atomic E-state index is 11.5. The van der Waals surface area contributed by atoms with Gasteiger partial charge >= 0.3 is 0 Å². The summed E-state index contributed by atoms with van der Waals surface area (Å²) in [6.45, 7) is 8.18. The molecule has 0 unspecified atom stereocenters. The van der Waals surface area contributed by atoms with Gasteiger partial charge in [0.1, 0.15) is 11.5 Å². The van der Waals surface area contributed by atoms with Crippen molar-refractivity contribution in [3.8, 4) is 0 Å². The van der Waals surface area contributed by atoms with E-state index in [0.717, 1.165) is 12.2 Å². The number of carbonyl (C=O) groups excluding carboxylic acids is 1. The lowest BCUT2D eigenvalue weighted by Gasteiger charge is -2.00. The Labute approximate surface area is 91.7 Å². The van der Waals surface area contributed by atoms with Crippen LogP contribution in [0.25, 0.3) is 0 Å². The van der Waals surface area contributed by atoms with E-state index in [4.69, 9.17) is 4.42 Å². The monoisotopic (exact) mass is 208 g/mol. The molecular weight excluding hydrogens is 188 g/mol. The standard InChI is InChI=1S/C13H20O2/c1-9(2)5-11-6-12(15-8-11)7-13(14)10(3)4/h6,8-10H,5,7H2,1-4H3. The fourth-order valence-electron chi connectivity index (χ4n) is 1.47. The van der Waals surface area contributed by atoms with Crippen LogP contribution in [-0.2, 0) is 17.6 Å². The van der Waals surface area contributed by atoms with E-state index >= 15 is 0 Å². The largest absolute Gasteiger partial charge is 0.469 e. The third-order valence-corrected chi connectivity index (χ3v) is 2.34. The molecule has 0 atom stereocenters. The lowest BCUT2D eigenvalue weighted by molar-refractivity contribution is -0.121. The molecule has 1 aromatic heterocycles. The molecule has 0 amide bonds. The van der Waals surface area contributed by atoms with Crippen LogP contribution in [-0.4, -0.2) is 5.78 Å². The molecule has 0 aliphatic rings. The first-order valence-electron chi connectivity index (χ1n) is 5.58. The van der Waals surface area contributed by atoms with Crippen LogP contribution in [0.1, 0.15) is 39.0 Å². The highest BCUT2D eigenvalue weighted by Gasteiger charge is 2.11. The Balaban J connectivity index is 2.56. The molecule has 1 aromatic rings. The molecule has 15 heavy (non-hydrogen) atoms. The SMILES string of the molecule is CC(C)Cc1coc(CC(=O)C(C)C)c1. The highest BCUT2D eigenvalue weighted by molar-refractivity contribution is 5.82. The van der Waals surface area contributed by atoms with Crippen LogP contribution in [0, 0.1) is 11.8 Å². The Morgan fingerprint density at radius 2 is 2.00 bits per heavy atom. The normalized spacial score (nSPS) is 11.3. The molecular formula is C13H20O2. The van der Waals surface area contributed by atoms with Gasteiger partial charge in [-0.2, -0.15) is 0 Å². The quantitative estimate of drug-likeness (QED) is 0.743. The fraction of sp³-hybridized carbons (Fsp3) is 0.615. The summed E-state index contributed by atoms with van der Waals surface area (Å²) in [6.07, 6.45) is 3.21. The number of rotatable bonds is 5. The first-order chi connectivity index (χ1) is 6.99. The molecule has 1 heterocycles. The van der Waals surface area contributed by atoms with Gasteiger partial charge in [0.2, 0.25) is 0 Å². The molecule has 1 rings (SSSR count). The van der Waals surface area contributed by atoms with Gasteiger partial charge in [0.15, 0.2) is 0 Å². The van der Waals surface area contributed by atoms with Crippen LogP contribution >= 0.6 is 0 Å². The van der Waals surface area contributed by atoms with Gasteiger partial charge in [-0.3, -0.25) is 4.79 Å². The van der Waals surface area contributed by atoms with E-state index in [9.17, 15) is 4.79 Å². The van der Waals surface area contributed by atoms with Crippen LogP contribution in [0.15, 0.2) is 16.7 Å².